The number of amides is 2. The van der Waals surface area contributed by atoms with Gasteiger partial charge in [-0.25, -0.2) is 4.79 Å². The average molecular weight is 268 g/mol. The third kappa shape index (κ3) is 5.03. The predicted octanol–water partition coefficient (Wildman–Crippen LogP) is 3.21. The highest BCUT2D eigenvalue weighted by atomic mass is 31.0. The summed E-state index contributed by atoms with van der Waals surface area (Å²) < 4.78 is 0. The van der Waals surface area contributed by atoms with Gasteiger partial charge in [0, 0.05) is 5.69 Å². The molecule has 2 unspecified atom stereocenters. The van der Waals surface area contributed by atoms with Crippen molar-refractivity contribution in [3.8, 4) is 0 Å². The molecule has 1 aromatic rings. The van der Waals surface area contributed by atoms with E-state index in [4.69, 9.17) is 0 Å². The summed E-state index contributed by atoms with van der Waals surface area (Å²) in [6.45, 7) is 2.14. The van der Waals surface area contributed by atoms with Gasteiger partial charge in [0.15, 0.2) is 0 Å². The fraction of sp³-hybridized carbons (Fsp3) is 0.462. The van der Waals surface area contributed by atoms with Crippen molar-refractivity contribution in [1.82, 2.24) is 5.09 Å². The molecule has 2 atom stereocenters. The minimum atomic E-state index is -0.416. The monoisotopic (exact) mass is 268 g/mol. The molecule has 5 heteroatoms. The zero-order valence-electron chi connectivity index (χ0n) is 10.6. The quantitative estimate of drug-likeness (QED) is 0.548. The summed E-state index contributed by atoms with van der Waals surface area (Å²) >= 11 is 0. The van der Waals surface area contributed by atoms with Crippen LogP contribution in [0.2, 0.25) is 0 Å². The molecule has 100 valence electrons. The Morgan fingerprint density at radius 2 is 2.00 bits per heavy atom. The lowest BCUT2D eigenvalue weighted by molar-refractivity contribution is 0.163. The number of anilines is 1. The standard InChI is InChI=1S/C13H21N2O2P/c1-2-3-4-5-12(16)10-6-8-11(9-7-10)14-13(17)15-18/h6-9,12,16H,2-5,18H2,1H3,(H2,14,15,17). The number of hydrogen-bond acceptors (Lipinski definition) is 2. The van der Waals surface area contributed by atoms with Gasteiger partial charge >= 0.3 is 6.03 Å². The fourth-order valence-corrected chi connectivity index (χ4v) is 1.78. The van der Waals surface area contributed by atoms with Crippen LogP contribution in [-0.2, 0) is 0 Å². The summed E-state index contributed by atoms with van der Waals surface area (Å²) in [4.78, 5) is 11.1. The van der Waals surface area contributed by atoms with Gasteiger partial charge in [-0.1, -0.05) is 38.3 Å². The van der Waals surface area contributed by atoms with Crippen LogP contribution in [0.5, 0.6) is 0 Å². The highest BCUT2D eigenvalue weighted by Gasteiger charge is 2.07. The van der Waals surface area contributed by atoms with E-state index in [1.165, 1.54) is 0 Å². The van der Waals surface area contributed by atoms with Crippen molar-refractivity contribution in [3.63, 3.8) is 0 Å². The van der Waals surface area contributed by atoms with Crippen molar-refractivity contribution in [2.75, 3.05) is 5.32 Å². The number of benzene rings is 1. The molecular weight excluding hydrogens is 247 g/mol. The first-order valence-electron chi connectivity index (χ1n) is 6.23. The number of carbonyl (C=O) groups is 1. The van der Waals surface area contributed by atoms with Gasteiger partial charge in [0.2, 0.25) is 0 Å². The minimum Gasteiger partial charge on any atom is -0.388 e. The first kappa shape index (κ1) is 14.9. The van der Waals surface area contributed by atoms with Gasteiger partial charge in [0.05, 0.1) is 6.10 Å². The molecule has 0 saturated heterocycles. The van der Waals surface area contributed by atoms with E-state index in [2.05, 4.69) is 26.7 Å². The predicted molar refractivity (Wildman–Crippen MR) is 77.4 cm³/mol. The molecule has 1 aromatic carbocycles. The van der Waals surface area contributed by atoms with Gasteiger partial charge in [0.25, 0.3) is 0 Å². The number of carbonyl (C=O) groups excluding carboxylic acids is 1. The normalized spacial score (nSPS) is 11.9. The van der Waals surface area contributed by atoms with Gasteiger partial charge in [-0.15, -0.1) is 0 Å². The van der Waals surface area contributed by atoms with E-state index in [1.807, 2.05) is 12.1 Å². The molecule has 0 aliphatic heterocycles. The Kier molecular flexibility index (Phi) is 6.69. The summed E-state index contributed by atoms with van der Waals surface area (Å²) in [5, 5.41) is 15.0. The Hall–Kier alpha value is -1.12. The summed E-state index contributed by atoms with van der Waals surface area (Å²) in [5.74, 6) is 0. The number of nitrogens with one attached hydrogen (secondary N) is 2. The van der Waals surface area contributed by atoms with Crippen LogP contribution >= 0.6 is 9.39 Å². The highest BCUT2D eigenvalue weighted by molar-refractivity contribution is 7.15. The Labute approximate surface area is 110 Å². The van der Waals surface area contributed by atoms with Gasteiger partial charge in [0.1, 0.15) is 0 Å². The van der Waals surface area contributed by atoms with Crippen LogP contribution in [0.4, 0.5) is 10.5 Å². The summed E-state index contributed by atoms with van der Waals surface area (Å²) in [6.07, 6.45) is 3.70. The Bertz CT molecular complexity index is 368. The largest absolute Gasteiger partial charge is 0.388 e. The lowest BCUT2D eigenvalue weighted by Gasteiger charge is -2.11. The second-order valence-electron chi connectivity index (χ2n) is 4.23. The van der Waals surface area contributed by atoms with E-state index in [1.54, 1.807) is 12.1 Å². The maximum absolute atomic E-state index is 11.1. The average Bonchev–Trinajstić information content (AvgIpc) is 2.39. The molecular formula is C13H21N2O2P. The van der Waals surface area contributed by atoms with Crippen LogP contribution in [0.25, 0.3) is 0 Å². The summed E-state index contributed by atoms with van der Waals surface area (Å²) in [5.41, 5.74) is 1.60. The molecule has 0 aliphatic carbocycles. The van der Waals surface area contributed by atoms with Crippen LogP contribution in [0.15, 0.2) is 24.3 Å². The molecule has 0 aliphatic rings. The minimum absolute atomic E-state index is 0.281. The van der Waals surface area contributed by atoms with Crippen molar-refractivity contribution in [2.45, 2.75) is 38.7 Å². The van der Waals surface area contributed by atoms with Crippen molar-refractivity contribution < 1.29 is 9.90 Å². The van der Waals surface area contributed by atoms with Crippen molar-refractivity contribution in [1.29, 1.82) is 0 Å². The topological polar surface area (TPSA) is 61.4 Å². The number of aliphatic hydroxyl groups excluding tert-OH is 1. The summed E-state index contributed by atoms with van der Waals surface area (Å²) in [6, 6.07) is 6.98. The van der Waals surface area contributed by atoms with E-state index in [9.17, 15) is 9.90 Å². The van der Waals surface area contributed by atoms with Crippen LogP contribution in [-0.4, -0.2) is 11.1 Å². The smallest absolute Gasteiger partial charge is 0.322 e. The molecule has 3 N–H and O–H groups in total. The molecule has 0 heterocycles. The van der Waals surface area contributed by atoms with Gasteiger partial charge in [-0.05, 0) is 33.5 Å². The molecule has 18 heavy (non-hydrogen) atoms. The Morgan fingerprint density at radius 1 is 1.33 bits per heavy atom. The molecule has 1 rings (SSSR count). The van der Waals surface area contributed by atoms with Gasteiger partial charge in [-0.2, -0.15) is 0 Å². The molecule has 0 spiro atoms. The Balaban J connectivity index is 2.51. The molecule has 0 radical (unpaired) electrons. The van der Waals surface area contributed by atoms with Crippen molar-refractivity contribution in [2.24, 2.45) is 0 Å². The number of urea groups is 1. The molecule has 4 nitrogen and oxygen atoms in total. The van der Waals surface area contributed by atoms with Crippen LogP contribution in [0, 0.1) is 0 Å². The molecule has 0 saturated carbocycles. The van der Waals surface area contributed by atoms with Crippen molar-refractivity contribution >= 4 is 21.1 Å². The van der Waals surface area contributed by atoms with E-state index >= 15 is 0 Å². The zero-order chi connectivity index (χ0) is 13.4. The highest BCUT2D eigenvalue weighted by Crippen LogP contribution is 2.21. The number of rotatable bonds is 6. The second-order valence-corrected chi connectivity index (χ2v) is 4.52. The molecule has 0 aromatic heterocycles. The first-order chi connectivity index (χ1) is 8.67. The number of hydrogen-bond donors (Lipinski definition) is 3. The summed E-state index contributed by atoms with van der Waals surface area (Å²) in [7, 11) is 2.14. The maximum Gasteiger partial charge on any atom is 0.322 e. The maximum atomic E-state index is 11.1. The second kappa shape index (κ2) is 8.06. The first-order valence-corrected chi connectivity index (χ1v) is 6.80. The Morgan fingerprint density at radius 3 is 2.56 bits per heavy atom. The van der Waals surface area contributed by atoms with E-state index < -0.39 is 6.10 Å². The van der Waals surface area contributed by atoms with Crippen molar-refractivity contribution in [3.05, 3.63) is 29.8 Å². The van der Waals surface area contributed by atoms with E-state index in [-0.39, 0.29) is 6.03 Å². The van der Waals surface area contributed by atoms with Gasteiger partial charge < -0.3 is 15.5 Å². The third-order valence-electron chi connectivity index (χ3n) is 2.77. The molecule has 0 fully saturated rings. The molecule has 0 bridgehead atoms. The lowest BCUT2D eigenvalue weighted by Crippen LogP contribution is -2.19. The SMILES string of the molecule is CCCCCC(O)c1ccc(NC(=O)NP)cc1. The number of aliphatic hydroxyl groups is 1. The van der Waals surface area contributed by atoms with Crippen LogP contribution in [0.1, 0.15) is 44.3 Å². The fourth-order valence-electron chi connectivity index (χ4n) is 1.71. The van der Waals surface area contributed by atoms with Gasteiger partial charge in [-0.3, -0.25) is 0 Å². The lowest BCUT2D eigenvalue weighted by atomic mass is 10.0. The van der Waals surface area contributed by atoms with Crippen LogP contribution < -0.4 is 10.4 Å². The number of unbranched alkanes of at least 4 members (excludes halogenated alkanes) is 2. The van der Waals surface area contributed by atoms with Crippen LogP contribution in [0.3, 0.4) is 0 Å². The third-order valence-corrected chi connectivity index (χ3v) is 3.03. The van der Waals surface area contributed by atoms with E-state index in [0.717, 1.165) is 31.2 Å². The van der Waals surface area contributed by atoms with E-state index in [0.29, 0.717) is 5.69 Å². The zero-order valence-corrected chi connectivity index (χ0v) is 11.8. The molecule has 2 amide bonds.